The lowest BCUT2D eigenvalue weighted by Gasteiger charge is -2.16. The third-order valence-corrected chi connectivity index (χ3v) is 11.8. The number of pyridine rings is 1. The summed E-state index contributed by atoms with van der Waals surface area (Å²) in [5, 5.41) is 2.19. The molecule has 0 aliphatic carbocycles. The van der Waals surface area contributed by atoms with E-state index in [2.05, 4.69) is 138 Å². The van der Waals surface area contributed by atoms with E-state index in [-0.39, 0.29) is 0 Å². The van der Waals surface area contributed by atoms with Gasteiger partial charge >= 0.3 is 0 Å². The minimum atomic E-state index is 0.594. The van der Waals surface area contributed by atoms with Gasteiger partial charge in [0, 0.05) is 49.6 Å². The zero-order chi connectivity index (χ0) is 38.4. The van der Waals surface area contributed by atoms with Gasteiger partial charge in [-0.25, -0.2) is 15.0 Å². The van der Waals surface area contributed by atoms with E-state index in [1.54, 1.807) is 18.0 Å². The predicted molar refractivity (Wildman–Crippen MR) is 237 cm³/mol. The number of rotatable bonds is 4. The van der Waals surface area contributed by atoms with Crippen LogP contribution in [0.5, 0.6) is 0 Å². The van der Waals surface area contributed by atoms with Crippen LogP contribution < -0.4 is 0 Å². The summed E-state index contributed by atoms with van der Waals surface area (Å²) in [6.45, 7) is 0. The number of para-hydroxylation sites is 1. The molecule has 3 aromatic heterocycles. The van der Waals surface area contributed by atoms with E-state index in [0.29, 0.717) is 17.5 Å². The minimum absolute atomic E-state index is 0.594. The van der Waals surface area contributed by atoms with E-state index in [9.17, 15) is 0 Å². The second-order valence-electron chi connectivity index (χ2n) is 14.3. The van der Waals surface area contributed by atoms with Crippen LogP contribution in [0.4, 0.5) is 0 Å². The third kappa shape index (κ3) is 6.17. The molecule has 0 unspecified atom stereocenters. The van der Waals surface area contributed by atoms with Crippen LogP contribution in [0.1, 0.15) is 11.1 Å². The lowest BCUT2D eigenvalue weighted by Crippen LogP contribution is -2.00. The molecule has 0 amide bonds. The standard InChI is InChI=1S/C52H32N4OS/c1-2-12-36(13-3-1)50-54-51(37-25-20-33(21-26-37)39-14-10-28-53-32-39)56-52(55-50)38-27-24-35-23-22-34-11-4-5-15-40(34)42-17-7-9-19-48(42)58-49-31-44-41-16-6-8-18-46(41)57-47(44)30-45(49)43(35)29-38/h1-32H. The van der Waals surface area contributed by atoms with E-state index in [4.69, 9.17) is 19.4 Å². The van der Waals surface area contributed by atoms with Gasteiger partial charge in [0.1, 0.15) is 11.2 Å². The van der Waals surface area contributed by atoms with Gasteiger partial charge in [-0.05, 0) is 80.9 Å². The Bertz CT molecular complexity index is 3190. The minimum Gasteiger partial charge on any atom is -0.456 e. The zero-order valence-electron chi connectivity index (χ0n) is 31.1. The van der Waals surface area contributed by atoms with Crippen molar-refractivity contribution in [3.05, 3.63) is 193 Å². The molecule has 0 bridgehead atoms. The zero-order valence-corrected chi connectivity index (χ0v) is 31.9. The summed E-state index contributed by atoms with van der Waals surface area (Å²) in [5.74, 6) is 1.81. The van der Waals surface area contributed by atoms with Crippen molar-refractivity contribution in [3.8, 4) is 67.5 Å². The predicted octanol–water partition coefficient (Wildman–Crippen LogP) is 13.8. The van der Waals surface area contributed by atoms with Crippen molar-refractivity contribution < 1.29 is 4.42 Å². The quantitative estimate of drug-likeness (QED) is 0.178. The molecule has 5 nitrogen and oxygen atoms in total. The molecular weight excluding hydrogens is 729 g/mol. The van der Waals surface area contributed by atoms with Crippen LogP contribution in [0, 0.1) is 0 Å². The van der Waals surface area contributed by atoms with Crippen molar-refractivity contribution >= 4 is 45.9 Å². The van der Waals surface area contributed by atoms with Crippen molar-refractivity contribution in [2.24, 2.45) is 0 Å². The normalized spacial score (nSPS) is 12.0. The van der Waals surface area contributed by atoms with Crippen molar-refractivity contribution in [1.82, 2.24) is 19.9 Å². The fourth-order valence-corrected chi connectivity index (χ4v) is 8.91. The summed E-state index contributed by atoms with van der Waals surface area (Å²) in [5.41, 5.74) is 13.3. The number of aromatic nitrogens is 4. The molecule has 0 fully saturated rings. The first kappa shape index (κ1) is 33.9. The third-order valence-electron chi connectivity index (χ3n) is 10.7. The van der Waals surface area contributed by atoms with Crippen molar-refractivity contribution in [1.29, 1.82) is 0 Å². The van der Waals surface area contributed by atoms with Gasteiger partial charge in [0.2, 0.25) is 0 Å². The van der Waals surface area contributed by atoms with Gasteiger partial charge in [0.25, 0.3) is 0 Å². The van der Waals surface area contributed by atoms with Crippen LogP contribution >= 0.6 is 11.8 Å². The van der Waals surface area contributed by atoms with E-state index in [0.717, 1.165) is 76.9 Å². The fraction of sp³-hybridized carbons (Fsp3) is 0. The maximum atomic E-state index is 6.52. The highest BCUT2D eigenvalue weighted by molar-refractivity contribution is 7.99. The first-order valence-corrected chi connectivity index (χ1v) is 20.0. The van der Waals surface area contributed by atoms with Gasteiger partial charge in [0.15, 0.2) is 17.5 Å². The number of furan rings is 1. The van der Waals surface area contributed by atoms with E-state index < -0.39 is 0 Å². The molecule has 0 saturated carbocycles. The average Bonchev–Trinajstić information content (AvgIpc) is 3.65. The largest absolute Gasteiger partial charge is 0.456 e. The maximum Gasteiger partial charge on any atom is 0.164 e. The maximum absolute atomic E-state index is 6.52. The van der Waals surface area contributed by atoms with Crippen LogP contribution in [0.15, 0.2) is 196 Å². The lowest BCUT2D eigenvalue weighted by atomic mass is 9.94. The Balaban J connectivity index is 1.13. The number of fused-ring (bicyclic) bond motifs is 9. The molecule has 4 heterocycles. The van der Waals surface area contributed by atoms with Crippen LogP contribution in [0.3, 0.4) is 0 Å². The van der Waals surface area contributed by atoms with E-state index in [1.807, 2.05) is 54.7 Å². The van der Waals surface area contributed by atoms with Gasteiger partial charge in [-0.2, -0.15) is 0 Å². The molecule has 0 N–H and O–H groups in total. The molecule has 7 aromatic carbocycles. The Hall–Kier alpha value is -7.41. The lowest BCUT2D eigenvalue weighted by molar-refractivity contribution is 0.669. The average molecular weight is 761 g/mol. The smallest absolute Gasteiger partial charge is 0.164 e. The fourth-order valence-electron chi connectivity index (χ4n) is 7.78. The van der Waals surface area contributed by atoms with Gasteiger partial charge in [-0.15, -0.1) is 0 Å². The Morgan fingerprint density at radius 3 is 1.83 bits per heavy atom. The Morgan fingerprint density at radius 1 is 0.379 bits per heavy atom. The Labute approximate surface area is 339 Å². The van der Waals surface area contributed by atoms with Crippen LogP contribution in [-0.2, 0) is 0 Å². The second kappa shape index (κ2) is 14.3. The summed E-state index contributed by atoms with van der Waals surface area (Å²) in [6.07, 6.45) is 8.11. The van der Waals surface area contributed by atoms with Gasteiger partial charge in [-0.3, -0.25) is 4.98 Å². The van der Waals surface area contributed by atoms with Crippen molar-refractivity contribution in [2.45, 2.75) is 9.79 Å². The SMILES string of the molecule is C1=Cc2ccc(-c3nc(-c4ccccc4)nc(-c4ccc(-c5cccnc5)cc4)n3)cc2-c2cc3oc4ccccc4c3cc2Sc2ccccc2-c2ccccc21. The summed E-state index contributed by atoms with van der Waals surface area (Å²) in [6, 6.07) is 59.0. The van der Waals surface area contributed by atoms with E-state index >= 15 is 0 Å². The highest BCUT2D eigenvalue weighted by Crippen LogP contribution is 2.46. The highest BCUT2D eigenvalue weighted by Gasteiger charge is 2.21. The summed E-state index contributed by atoms with van der Waals surface area (Å²) < 4.78 is 6.52. The molecule has 272 valence electrons. The molecule has 1 aliphatic heterocycles. The van der Waals surface area contributed by atoms with E-state index in [1.165, 1.54) is 16.0 Å². The molecule has 0 radical (unpaired) electrons. The number of benzene rings is 7. The molecule has 58 heavy (non-hydrogen) atoms. The molecule has 0 spiro atoms. The molecule has 0 atom stereocenters. The summed E-state index contributed by atoms with van der Waals surface area (Å²) in [4.78, 5) is 21.9. The first-order valence-electron chi connectivity index (χ1n) is 19.2. The van der Waals surface area contributed by atoms with Gasteiger partial charge in [0.05, 0.1) is 0 Å². The summed E-state index contributed by atoms with van der Waals surface area (Å²) in [7, 11) is 0. The number of nitrogens with zero attached hydrogens (tertiary/aromatic N) is 4. The van der Waals surface area contributed by atoms with Crippen LogP contribution in [0.25, 0.3) is 102 Å². The van der Waals surface area contributed by atoms with Crippen LogP contribution in [-0.4, -0.2) is 19.9 Å². The molecule has 10 aromatic rings. The number of hydrogen-bond acceptors (Lipinski definition) is 6. The first-order chi connectivity index (χ1) is 28.7. The molecule has 6 heteroatoms. The summed E-state index contributed by atoms with van der Waals surface area (Å²) >= 11 is 1.79. The number of hydrogen-bond donors (Lipinski definition) is 0. The van der Waals surface area contributed by atoms with Crippen molar-refractivity contribution in [2.75, 3.05) is 0 Å². The molecule has 0 saturated heterocycles. The van der Waals surface area contributed by atoms with Crippen LogP contribution in [0.2, 0.25) is 0 Å². The molecule has 1 aliphatic rings. The second-order valence-corrected chi connectivity index (χ2v) is 15.3. The Kier molecular flexibility index (Phi) is 8.34. The Morgan fingerprint density at radius 2 is 1.02 bits per heavy atom. The van der Waals surface area contributed by atoms with Gasteiger partial charge in [-0.1, -0.05) is 157 Å². The van der Waals surface area contributed by atoms with Crippen molar-refractivity contribution in [3.63, 3.8) is 0 Å². The molecular formula is C52H32N4OS. The molecule has 11 rings (SSSR count). The van der Waals surface area contributed by atoms with Gasteiger partial charge < -0.3 is 4.42 Å². The monoisotopic (exact) mass is 760 g/mol. The topological polar surface area (TPSA) is 64.7 Å². The highest BCUT2D eigenvalue weighted by atomic mass is 32.2.